The van der Waals surface area contributed by atoms with Crippen LogP contribution in [0.5, 0.6) is 0 Å². The Hall–Kier alpha value is -3.13. The number of carbonyl (C=O) groups excluding carboxylic acids is 2. The SMILES string of the molecule is CN(C)Cc1[nH]c2ccc(Cl)cc2c1C1C(=O)NC(=O)C1(O)c1c[nH]c2ccccc12. The Kier molecular flexibility index (Phi) is 4.44. The van der Waals surface area contributed by atoms with Gasteiger partial charge in [0.05, 0.1) is 0 Å². The number of imide groups is 1. The highest BCUT2D eigenvalue weighted by molar-refractivity contribution is 6.31. The summed E-state index contributed by atoms with van der Waals surface area (Å²) in [4.78, 5) is 34.6. The van der Waals surface area contributed by atoms with E-state index < -0.39 is 23.3 Å². The van der Waals surface area contributed by atoms with E-state index in [9.17, 15) is 14.7 Å². The van der Waals surface area contributed by atoms with Crippen LogP contribution in [0, 0.1) is 0 Å². The number of rotatable bonds is 4. The highest BCUT2D eigenvalue weighted by Gasteiger charge is 2.58. The molecule has 7 nitrogen and oxygen atoms in total. The minimum Gasteiger partial charge on any atom is -0.374 e. The van der Waals surface area contributed by atoms with Gasteiger partial charge in [-0.25, -0.2) is 0 Å². The van der Waals surface area contributed by atoms with Crippen molar-refractivity contribution >= 4 is 45.2 Å². The quantitative estimate of drug-likeness (QED) is 0.369. The van der Waals surface area contributed by atoms with Crippen LogP contribution in [-0.2, 0) is 21.7 Å². The third-order valence-corrected chi connectivity index (χ3v) is 6.14. The fourth-order valence-electron chi connectivity index (χ4n) is 4.62. The molecule has 0 spiro atoms. The van der Waals surface area contributed by atoms with Crippen LogP contribution >= 0.6 is 11.6 Å². The van der Waals surface area contributed by atoms with Crippen LogP contribution in [0.15, 0.2) is 48.7 Å². The molecule has 1 aliphatic rings. The average molecular weight is 437 g/mol. The van der Waals surface area contributed by atoms with Crippen LogP contribution in [-0.4, -0.2) is 45.9 Å². The van der Waals surface area contributed by atoms with E-state index >= 15 is 0 Å². The van der Waals surface area contributed by atoms with E-state index in [-0.39, 0.29) is 0 Å². The third-order valence-electron chi connectivity index (χ3n) is 5.91. The van der Waals surface area contributed by atoms with Gasteiger partial charge in [-0.1, -0.05) is 29.8 Å². The molecule has 2 atom stereocenters. The number of benzene rings is 2. The Labute approximate surface area is 183 Å². The number of aromatic nitrogens is 2. The summed E-state index contributed by atoms with van der Waals surface area (Å²) < 4.78 is 0. The van der Waals surface area contributed by atoms with Crippen molar-refractivity contribution in [2.45, 2.75) is 18.1 Å². The predicted octanol–water partition coefficient (Wildman–Crippen LogP) is 2.99. The maximum atomic E-state index is 13.1. The van der Waals surface area contributed by atoms with Gasteiger partial charge in [-0.2, -0.15) is 0 Å². The van der Waals surface area contributed by atoms with Crippen molar-refractivity contribution in [3.8, 4) is 0 Å². The fourth-order valence-corrected chi connectivity index (χ4v) is 4.79. The van der Waals surface area contributed by atoms with Gasteiger partial charge >= 0.3 is 0 Å². The number of H-pyrrole nitrogens is 2. The second-order valence-corrected chi connectivity index (χ2v) is 8.65. The van der Waals surface area contributed by atoms with E-state index in [0.29, 0.717) is 33.5 Å². The summed E-state index contributed by atoms with van der Waals surface area (Å²) in [6.45, 7) is 0.490. The molecule has 5 rings (SSSR count). The molecular formula is C23H21ClN4O3. The smallest absolute Gasteiger partial charge is 0.264 e. The second-order valence-electron chi connectivity index (χ2n) is 8.21. The van der Waals surface area contributed by atoms with Gasteiger partial charge < -0.3 is 20.0 Å². The van der Waals surface area contributed by atoms with Gasteiger partial charge in [0.15, 0.2) is 5.60 Å². The van der Waals surface area contributed by atoms with Crippen LogP contribution < -0.4 is 5.32 Å². The minimum absolute atomic E-state index is 0.364. The first-order chi connectivity index (χ1) is 14.8. The summed E-state index contributed by atoms with van der Waals surface area (Å²) in [6, 6.07) is 12.7. The van der Waals surface area contributed by atoms with E-state index in [2.05, 4.69) is 15.3 Å². The number of aromatic amines is 2. The number of nitrogens with one attached hydrogen (secondary N) is 3. The Balaban J connectivity index is 1.80. The van der Waals surface area contributed by atoms with Gasteiger partial charge in [-0.3, -0.25) is 14.9 Å². The third kappa shape index (κ3) is 2.89. The molecule has 2 unspecified atom stereocenters. The lowest BCUT2D eigenvalue weighted by atomic mass is 9.77. The van der Waals surface area contributed by atoms with Gasteiger partial charge in [0.1, 0.15) is 5.92 Å². The van der Waals surface area contributed by atoms with E-state index in [1.165, 1.54) is 0 Å². The molecule has 4 N–H and O–H groups in total. The van der Waals surface area contributed by atoms with Crippen molar-refractivity contribution in [2.24, 2.45) is 0 Å². The van der Waals surface area contributed by atoms with Crippen LogP contribution in [0.4, 0.5) is 0 Å². The van der Waals surface area contributed by atoms with Gasteiger partial charge in [0.25, 0.3) is 5.91 Å². The Morgan fingerprint density at radius 1 is 1.10 bits per heavy atom. The molecule has 158 valence electrons. The first-order valence-corrected chi connectivity index (χ1v) is 10.3. The Morgan fingerprint density at radius 3 is 2.65 bits per heavy atom. The van der Waals surface area contributed by atoms with Gasteiger partial charge in [0.2, 0.25) is 5.91 Å². The zero-order valence-corrected chi connectivity index (χ0v) is 17.7. The topological polar surface area (TPSA) is 101 Å². The van der Waals surface area contributed by atoms with Crippen molar-refractivity contribution in [1.29, 1.82) is 0 Å². The van der Waals surface area contributed by atoms with Gasteiger partial charge in [-0.05, 0) is 43.9 Å². The average Bonchev–Trinajstić information content (AvgIpc) is 3.35. The number of amides is 2. The number of fused-ring (bicyclic) bond motifs is 2. The number of nitrogens with zero attached hydrogens (tertiary/aromatic N) is 1. The molecule has 1 fully saturated rings. The zero-order valence-electron chi connectivity index (χ0n) is 17.0. The van der Waals surface area contributed by atoms with Crippen LogP contribution in [0.25, 0.3) is 21.8 Å². The second kappa shape index (κ2) is 6.95. The minimum atomic E-state index is -2.07. The number of para-hydroxylation sites is 1. The molecule has 8 heteroatoms. The summed E-state index contributed by atoms with van der Waals surface area (Å²) in [5.74, 6) is -2.42. The summed E-state index contributed by atoms with van der Waals surface area (Å²) >= 11 is 6.27. The van der Waals surface area contributed by atoms with Gasteiger partial charge in [-0.15, -0.1) is 0 Å². The first kappa shape index (κ1) is 19.8. The number of carbonyl (C=O) groups is 2. The summed E-state index contributed by atoms with van der Waals surface area (Å²) in [6.07, 6.45) is 1.60. The molecular weight excluding hydrogens is 416 g/mol. The lowest BCUT2D eigenvalue weighted by Crippen LogP contribution is -2.39. The maximum absolute atomic E-state index is 13.1. The molecule has 4 aromatic rings. The molecule has 0 bridgehead atoms. The molecule has 2 amide bonds. The molecule has 1 aliphatic heterocycles. The first-order valence-electron chi connectivity index (χ1n) is 9.89. The summed E-state index contributed by atoms with van der Waals surface area (Å²) in [5, 5.41) is 16.1. The van der Waals surface area contributed by atoms with E-state index in [4.69, 9.17) is 11.6 Å². The van der Waals surface area contributed by atoms with Crippen molar-refractivity contribution in [2.75, 3.05) is 14.1 Å². The highest BCUT2D eigenvalue weighted by atomic mass is 35.5. The molecule has 0 radical (unpaired) electrons. The van der Waals surface area contributed by atoms with Crippen molar-refractivity contribution in [1.82, 2.24) is 20.2 Å². The van der Waals surface area contributed by atoms with Crippen molar-refractivity contribution < 1.29 is 14.7 Å². The van der Waals surface area contributed by atoms with Crippen molar-refractivity contribution in [3.63, 3.8) is 0 Å². The van der Waals surface area contributed by atoms with Crippen LogP contribution in [0.2, 0.25) is 5.02 Å². The highest BCUT2D eigenvalue weighted by Crippen LogP contribution is 2.47. The normalized spacial score (nSPS) is 21.5. The Bertz CT molecular complexity index is 1360. The lowest BCUT2D eigenvalue weighted by Gasteiger charge is -2.27. The number of hydrogen-bond acceptors (Lipinski definition) is 4. The predicted molar refractivity (Wildman–Crippen MR) is 119 cm³/mol. The molecule has 3 heterocycles. The summed E-state index contributed by atoms with van der Waals surface area (Å²) in [7, 11) is 3.82. The fraction of sp³-hybridized carbons (Fsp3) is 0.217. The van der Waals surface area contributed by atoms with Crippen molar-refractivity contribution in [3.05, 3.63) is 70.5 Å². The molecule has 0 aliphatic carbocycles. The zero-order chi connectivity index (χ0) is 21.9. The van der Waals surface area contributed by atoms with Crippen LogP contribution in [0.3, 0.4) is 0 Å². The van der Waals surface area contributed by atoms with E-state index in [0.717, 1.165) is 16.7 Å². The molecule has 1 saturated heterocycles. The lowest BCUT2D eigenvalue weighted by molar-refractivity contribution is -0.137. The molecule has 2 aromatic heterocycles. The maximum Gasteiger partial charge on any atom is 0.264 e. The van der Waals surface area contributed by atoms with Crippen LogP contribution in [0.1, 0.15) is 22.7 Å². The molecule has 2 aromatic carbocycles. The van der Waals surface area contributed by atoms with E-state index in [1.807, 2.05) is 49.3 Å². The Morgan fingerprint density at radius 2 is 1.87 bits per heavy atom. The molecule has 0 saturated carbocycles. The molecule has 31 heavy (non-hydrogen) atoms. The number of halogens is 1. The summed E-state index contributed by atoms with van der Waals surface area (Å²) in [5.41, 5.74) is 1.16. The van der Waals surface area contributed by atoms with Gasteiger partial charge in [0, 0.05) is 50.8 Å². The number of hydrogen-bond donors (Lipinski definition) is 4. The monoisotopic (exact) mass is 436 g/mol. The standard InChI is InChI=1S/C23H21ClN4O3/c1-28(2)11-18-19(14-9-12(24)7-8-17(14)26-18)20-21(29)27-22(30)23(20,31)15-10-25-16-6-4-3-5-13(15)16/h3-10,20,25-26,31H,11H2,1-2H3,(H,27,29,30). The van der Waals surface area contributed by atoms with E-state index in [1.54, 1.807) is 18.3 Å². The largest absolute Gasteiger partial charge is 0.374 e. The number of aliphatic hydroxyl groups is 1.